The number of Topliss-reactive ketones (excluding diaryl/α,β-unsaturated/α-hetero) is 1. The van der Waals surface area contributed by atoms with Gasteiger partial charge >= 0.3 is 5.97 Å². The fraction of sp³-hybridized carbons (Fsp3) is 0.640. The van der Waals surface area contributed by atoms with Crippen LogP contribution in [0, 0.1) is 35.5 Å². The molecule has 0 radical (unpaired) electrons. The zero-order valence-corrected chi connectivity index (χ0v) is 19.5. The van der Waals surface area contributed by atoms with Crippen LogP contribution >= 0.6 is 0 Å². The van der Waals surface area contributed by atoms with E-state index >= 15 is 0 Å². The number of carbonyl (C=O) groups is 3. The molecule has 8 atom stereocenters. The molecule has 2 fully saturated rings. The number of hydrogen-bond donors (Lipinski definition) is 4. The molecule has 32 heavy (non-hydrogen) atoms. The number of rotatable bonds is 5. The van der Waals surface area contributed by atoms with E-state index in [1.54, 1.807) is 0 Å². The molecule has 0 spiro atoms. The molecule has 1 amide bonds. The Kier molecular flexibility index (Phi) is 6.70. The number of aliphatic hydroxyl groups is 2. The zero-order valence-electron chi connectivity index (χ0n) is 19.5. The third-order valence-electron chi connectivity index (χ3n) is 7.68. The lowest BCUT2D eigenvalue weighted by atomic mass is 9.57. The summed E-state index contributed by atoms with van der Waals surface area (Å²) >= 11 is 0. The number of allylic oxidation sites excluding steroid dienone is 5. The lowest BCUT2D eigenvalue weighted by molar-refractivity contribution is -0.158. The van der Waals surface area contributed by atoms with E-state index in [0.29, 0.717) is 11.8 Å². The van der Waals surface area contributed by atoms with Crippen molar-refractivity contribution in [3.63, 3.8) is 0 Å². The van der Waals surface area contributed by atoms with E-state index in [1.807, 2.05) is 19.9 Å². The van der Waals surface area contributed by atoms with Gasteiger partial charge in [0, 0.05) is 18.3 Å². The van der Waals surface area contributed by atoms with Gasteiger partial charge < -0.3 is 20.6 Å². The van der Waals surface area contributed by atoms with Crippen molar-refractivity contribution in [1.82, 2.24) is 5.32 Å². The van der Waals surface area contributed by atoms with E-state index in [9.17, 15) is 29.7 Å². The Morgan fingerprint density at radius 1 is 1.22 bits per heavy atom. The van der Waals surface area contributed by atoms with Crippen LogP contribution in [-0.4, -0.2) is 44.6 Å². The van der Waals surface area contributed by atoms with Gasteiger partial charge in [0.15, 0.2) is 11.4 Å². The van der Waals surface area contributed by atoms with Crippen molar-refractivity contribution >= 4 is 17.7 Å². The van der Waals surface area contributed by atoms with Gasteiger partial charge in [-0.25, -0.2) is 4.79 Å². The summed E-state index contributed by atoms with van der Waals surface area (Å²) in [7, 11) is 0. The first kappa shape index (κ1) is 24.2. The predicted molar refractivity (Wildman–Crippen MR) is 120 cm³/mol. The maximum absolute atomic E-state index is 13.1. The van der Waals surface area contributed by atoms with Gasteiger partial charge in [0.1, 0.15) is 11.3 Å². The van der Waals surface area contributed by atoms with Gasteiger partial charge in [-0.3, -0.25) is 9.59 Å². The molecule has 7 nitrogen and oxygen atoms in total. The van der Waals surface area contributed by atoms with Crippen LogP contribution in [0.5, 0.6) is 0 Å². The Labute approximate surface area is 189 Å². The number of aliphatic hydroxyl groups excluding tert-OH is 1. The monoisotopic (exact) mass is 445 g/mol. The summed E-state index contributed by atoms with van der Waals surface area (Å²) in [6.45, 7) is 9.40. The first-order valence-electron chi connectivity index (χ1n) is 11.4. The lowest BCUT2D eigenvalue weighted by Gasteiger charge is -2.47. The first-order valence-corrected chi connectivity index (χ1v) is 11.4. The summed E-state index contributed by atoms with van der Waals surface area (Å²) < 4.78 is 0. The minimum atomic E-state index is -2.17. The second-order valence-corrected chi connectivity index (χ2v) is 10.2. The van der Waals surface area contributed by atoms with E-state index in [2.05, 4.69) is 31.3 Å². The fourth-order valence-corrected chi connectivity index (χ4v) is 5.98. The van der Waals surface area contributed by atoms with Crippen molar-refractivity contribution in [3.8, 4) is 0 Å². The average Bonchev–Trinajstić information content (AvgIpc) is 2.98. The lowest BCUT2D eigenvalue weighted by Crippen LogP contribution is -2.43. The molecule has 2 aliphatic carbocycles. The van der Waals surface area contributed by atoms with Gasteiger partial charge in [-0.05, 0) is 57.3 Å². The highest BCUT2D eigenvalue weighted by Gasteiger charge is 2.49. The van der Waals surface area contributed by atoms with E-state index in [0.717, 1.165) is 25.3 Å². The second-order valence-electron chi connectivity index (χ2n) is 10.2. The number of amides is 1. The van der Waals surface area contributed by atoms with Crippen molar-refractivity contribution in [2.45, 2.75) is 65.5 Å². The van der Waals surface area contributed by atoms with E-state index in [1.165, 1.54) is 0 Å². The highest BCUT2D eigenvalue weighted by Crippen LogP contribution is 2.51. The summed E-state index contributed by atoms with van der Waals surface area (Å²) in [5.41, 5.74) is -1.41. The minimum absolute atomic E-state index is 0.0883. The molecular weight excluding hydrogens is 410 g/mol. The maximum atomic E-state index is 13.1. The molecule has 1 saturated carbocycles. The highest BCUT2D eigenvalue weighted by molar-refractivity contribution is 6.27. The first-order chi connectivity index (χ1) is 14.9. The molecule has 1 heterocycles. The van der Waals surface area contributed by atoms with Gasteiger partial charge in [-0.1, -0.05) is 37.6 Å². The molecule has 1 saturated heterocycles. The molecule has 0 aromatic heterocycles. The van der Waals surface area contributed by atoms with Gasteiger partial charge in [-0.2, -0.15) is 0 Å². The molecule has 3 rings (SSSR count). The number of nitrogens with one attached hydrogen (secondary N) is 1. The smallest absolute Gasteiger partial charge is 0.335 e. The van der Waals surface area contributed by atoms with Crippen molar-refractivity contribution in [1.29, 1.82) is 0 Å². The Hall–Kier alpha value is -2.41. The normalized spacial score (nSPS) is 38.7. The molecule has 0 aromatic carbocycles. The molecule has 3 aliphatic rings. The van der Waals surface area contributed by atoms with Crippen molar-refractivity contribution < 1.29 is 29.7 Å². The average molecular weight is 446 g/mol. The molecule has 4 N–H and O–H groups in total. The molecule has 176 valence electrons. The topological polar surface area (TPSA) is 124 Å². The van der Waals surface area contributed by atoms with Gasteiger partial charge in [0.2, 0.25) is 0 Å². The van der Waals surface area contributed by atoms with E-state index < -0.39 is 41.6 Å². The Morgan fingerprint density at radius 3 is 2.47 bits per heavy atom. The number of carboxylic acids is 1. The number of carboxylic acid groups (broad SMARTS) is 1. The Balaban J connectivity index is 2.04. The van der Waals surface area contributed by atoms with Crippen LogP contribution < -0.4 is 5.32 Å². The van der Waals surface area contributed by atoms with Gasteiger partial charge in [0.05, 0.1) is 6.04 Å². The highest BCUT2D eigenvalue weighted by atomic mass is 16.4. The molecule has 0 unspecified atom stereocenters. The van der Waals surface area contributed by atoms with Crippen molar-refractivity contribution in [2.24, 2.45) is 35.5 Å². The fourth-order valence-electron chi connectivity index (χ4n) is 5.98. The summed E-state index contributed by atoms with van der Waals surface area (Å²) in [6, 6.07) is -1.19. The molecule has 0 aromatic rings. The van der Waals surface area contributed by atoms with Gasteiger partial charge in [0.25, 0.3) is 5.91 Å². The maximum Gasteiger partial charge on any atom is 0.335 e. The number of aliphatic carboxylic acids is 1. The molecule has 1 aliphatic heterocycles. The van der Waals surface area contributed by atoms with Crippen LogP contribution in [0.3, 0.4) is 0 Å². The van der Waals surface area contributed by atoms with Crippen molar-refractivity contribution in [2.75, 3.05) is 0 Å². The summed E-state index contributed by atoms with van der Waals surface area (Å²) in [5.74, 6) is -2.39. The second kappa shape index (κ2) is 8.85. The quantitative estimate of drug-likeness (QED) is 0.223. The Morgan fingerprint density at radius 2 is 1.88 bits per heavy atom. The number of carbonyl (C=O) groups excluding carboxylic acids is 2. The molecule has 0 bridgehead atoms. The largest absolute Gasteiger partial charge is 0.511 e. The molecule has 7 heteroatoms. The standard InChI is InChI=1S/C25H35NO6/c1-6-13(3)16-8-7-15-10-12(2)9-14(4)18(15)19(16)22(28)20-21(27)17(26-23(20)29)11-25(5,32)24(30)31/h6-8,12,14-19,28,32H,9-11H2,1-5H3,(H,26,29)(H,30,31)/b13-6+,22-20-/t12-,14+,15-,16-,17-,18-,19-,25+/m0/s1. The summed E-state index contributed by atoms with van der Waals surface area (Å²) in [5, 5.41) is 33.2. The van der Waals surface area contributed by atoms with Gasteiger partial charge in [-0.15, -0.1) is 0 Å². The van der Waals surface area contributed by atoms with E-state index in [-0.39, 0.29) is 29.1 Å². The summed E-state index contributed by atoms with van der Waals surface area (Å²) in [6.07, 6.45) is 7.85. The molecular formula is C25H35NO6. The van der Waals surface area contributed by atoms with Crippen LogP contribution in [0.25, 0.3) is 0 Å². The number of fused-ring (bicyclic) bond motifs is 1. The minimum Gasteiger partial charge on any atom is -0.511 e. The predicted octanol–water partition coefficient (Wildman–Crippen LogP) is 3.16. The van der Waals surface area contributed by atoms with Crippen molar-refractivity contribution in [3.05, 3.63) is 35.1 Å². The third kappa shape index (κ3) is 4.27. The van der Waals surface area contributed by atoms with E-state index in [4.69, 9.17) is 0 Å². The van der Waals surface area contributed by atoms with Crippen LogP contribution in [0.1, 0.15) is 53.9 Å². The van der Waals surface area contributed by atoms with Crippen LogP contribution in [0.4, 0.5) is 0 Å². The Bertz CT molecular complexity index is 898. The summed E-state index contributed by atoms with van der Waals surface area (Å²) in [4.78, 5) is 37.1. The van der Waals surface area contributed by atoms with Crippen LogP contribution in [-0.2, 0) is 14.4 Å². The number of hydrogen-bond acceptors (Lipinski definition) is 5. The number of ketones is 1. The third-order valence-corrected chi connectivity index (χ3v) is 7.68. The van der Waals surface area contributed by atoms with Crippen LogP contribution in [0.2, 0.25) is 0 Å². The van der Waals surface area contributed by atoms with Crippen LogP contribution in [0.15, 0.2) is 35.1 Å². The SMILES string of the molecule is C/C=C(\C)[C@@H]1C=C[C@H]2C[C@@H](C)C[C@@H](C)[C@@H]2[C@H]1/C(O)=C1/C(=O)N[C@@H](C[C@@](C)(O)C(=O)O)C1=O. The zero-order chi connectivity index (χ0) is 24.0.